The van der Waals surface area contributed by atoms with Crippen LogP contribution in [0.15, 0.2) is 24.3 Å². The van der Waals surface area contributed by atoms with E-state index in [4.69, 9.17) is 0 Å². The van der Waals surface area contributed by atoms with Gasteiger partial charge in [-0.3, -0.25) is 4.79 Å². The Labute approximate surface area is 111 Å². The molecule has 1 rings (SSSR count). The van der Waals surface area contributed by atoms with Crippen molar-refractivity contribution in [1.29, 1.82) is 0 Å². The maximum Gasteiger partial charge on any atom is 0.322 e. The molecule has 0 bridgehead atoms. The molecule has 100 valence electrons. The molecule has 0 aliphatic carbocycles. The largest absolute Gasteiger partial charge is 0.468 e. The summed E-state index contributed by atoms with van der Waals surface area (Å²) < 4.78 is 4.67. The van der Waals surface area contributed by atoms with Crippen molar-refractivity contribution in [3.8, 4) is 0 Å². The zero-order valence-electron chi connectivity index (χ0n) is 11.9. The molecular weight excluding hydrogens is 242 g/mol. The van der Waals surface area contributed by atoms with Crippen molar-refractivity contribution < 1.29 is 9.53 Å². The van der Waals surface area contributed by atoms with Crippen molar-refractivity contribution >= 4 is 19.2 Å². The van der Waals surface area contributed by atoms with E-state index in [1.54, 1.807) is 0 Å². The Morgan fingerprint density at radius 1 is 1.28 bits per heavy atom. The molecule has 18 heavy (non-hydrogen) atoms. The molecular formula is C14H23NO2Si. The number of rotatable bonds is 5. The minimum Gasteiger partial charge on any atom is -0.468 e. The summed E-state index contributed by atoms with van der Waals surface area (Å²) >= 11 is 0. The predicted octanol–water partition coefficient (Wildman–Crippen LogP) is 1.88. The van der Waals surface area contributed by atoms with Crippen molar-refractivity contribution in [1.82, 2.24) is 5.32 Å². The molecule has 1 unspecified atom stereocenters. The van der Waals surface area contributed by atoms with E-state index in [9.17, 15) is 4.79 Å². The number of benzene rings is 1. The molecule has 1 aromatic rings. The van der Waals surface area contributed by atoms with Crippen LogP contribution in [-0.2, 0) is 16.1 Å². The number of carbonyl (C=O) groups excluding carboxylic acids is 1. The number of hydrogen-bond acceptors (Lipinski definition) is 3. The predicted molar refractivity (Wildman–Crippen MR) is 77.7 cm³/mol. The molecule has 1 atom stereocenters. The topological polar surface area (TPSA) is 38.3 Å². The minimum absolute atomic E-state index is 0.228. The maximum atomic E-state index is 11.2. The van der Waals surface area contributed by atoms with Crippen LogP contribution in [0, 0.1) is 0 Å². The number of hydrogen-bond donors (Lipinski definition) is 1. The Morgan fingerprint density at radius 2 is 1.83 bits per heavy atom. The van der Waals surface area contributed by atoms with Gasteiger partial charge in [0.25, 0.3) is 0 Å². The monoisotopic (exact) mass is 265 g/mol. The molecule has 0 amide bonds. The summed E-state index contributed by atoms with van der Waals surface area (Å²) in [6.07, 6.45) is 0. The number of ether oxygens (including phenoxy) is 1. The summed E-state index contributed by atoms with van der Waals surface area (Å²) in [5.74, 6) is -0.228. The first kappa shape index (κ1) is 14.9. The van der Waals surface area contributed by atoms with Gasteiger partial charge in [-0.2, -0.15) is 0 Å². The third-order valence-electron chi connectivity index (χ3n) is 2.99. The van der Waals surface area contributed by atoms with E-state index in [1.165, 1.54) is 17.9 Å². The van der Waals surface area contributed by atoms with Crippen LogP contribution in [0.1, 0.15) is 12.5 Å². The Morgan fingerprint density at radius 3 is 2.28 bits per heavy atom. The molecule has 0 aliphatic heterocycles. The zero-order valence-corrected chi connectivity index (χ0v) is 12.9. The molecule has 3 nitrogen and oxygen atoms in total. The Bertz CT molecular complexity index is 395. The highest BCUT2D eigenvalue weighted by atomic mass is 28.3. The average molecular weight is 265 g/mol. The highest BCUT2D eigenvalue weighted by Crippen LogP contribution is 2.04. The molecule has 0 heterocycles. The lowest BCUT2D eigenvalue weighted by Gasteiger charge is -2.17. The zero-order chi connectivity index (χ0) is 13.8. The second kappa shape index (κ2) is 6.16. The Balaban J connectivity index is 2.57. The van der Waals surface area contributed by atoms with E-state index in [-0.39, 0.29) is 12.0 Å². The molecule has 1 N–H and O–H groups in total. The van der Waals surface area contributed by atoms with Gasteiger partial charge in [0.1, 0.15) is 6.04 Å². The number of methoxy groups -OCH3 is 1. The van der Waals surface area contributed by atoms with E-state index in [0.29, 0.717) is 6.54 Å². The van der Waals surface area contributed by atoms with Gasteiger partial charge in [-0.1, -0.05) is 49.1 Å². The Kier molecular flexibility index (Phi) is 5.11. The van der Waals surface area contributed by atoms with Gasteiger partial charge in [-0.05, 0) is 12.5 Å². The summed E-state index contributed by atoms with van der Waals surface area (Å²) in [4.78, 5) is 11.2. The van der Waals surface area contributed by atoms with Gasteiger partial charge in [-0.15, -0.1) is 0 Å². The minimum atomic E-state index is -1.22. The lowest BCUT2D eigenvalue weighted by Crippen LogP contribution is -2.37. The lowest BCUT2D eigenvalue weighted by molar-refractivity contribution is -0.142. The summed E-state index contributed by atoms with van der Waals surface area (Å²) in [6.45, 7) is 9.49. The van der Waals surface area contributed by atoms with Crippen LogP contribution in [0.2, 0.25) is 19.6 Å². The third-order valence-corrected chi connectivity index (χ3v) is 5.05. The summed E-state index contributed by atoms with van der Waals surface area (Å²) in [5, 5.41) is 4.60. The highest BCUT2D eigenvalue weighted by Gasteiger charge is 2.16. The van der Waals surface area contributed by atoms with Gasteiger partial charge < -0.3 is 10.1 Å². The fraction of sp³-hybridized carbons (Fsp3) is 0.500. The van der Waals surface area contributed by atoms with E-state index in [2.05, 4.69) is 54.0 Å². The van der Waals surface area contributed by atoms with Crippen LogP contribution in [0.4, 0.5) is 0 Å². The molecule has 0 aromatic heterocycles. The number of nitrogens with one attached hydrogen (secondary N) is 1. The molecule has 0 saturated heterocycles. The average Bonchev–Trinajstić information content (AvgIpc) is 2.34. The van der Waals surface area contributed by atoms with Gasteiger partial charge in [0, 0.05) is 6.54 Å². The summed E-state index contributed by atoms with van der Waals surface area (Å²) in [6, 6.07) is 8.39. The van der Waals surface area contributed by atoms with E-state index >= 15 is 0 Å². The molecule has 0 saturated carbocycles. The molecule has 0 aliphatic rings. The second-order valence-corrected chi connectivity index (χ2v) is 10.7. The fourth-order valence-corrected chi connectivity index (χ4v) is 2.82. The number of carbonyl (C=O) groups is 1. The standard InChI is InChI=1S/C14H23NO2Si/c1-11(14(16)17-2)15-10-12-6-8-13(9-7-12)18(3,4)5/h6-9,11,15H,10H2,1-5H3. The van der Waals surface area contributed by atoms with Gasteiger partial charge in [0.05, 0.1) is 15.2 Å². The van der Waals surface area contributed by atoms with Crippen LogP contribution in [-0.4, -0.2) is 27.2 Å². The molecule has 1 aromatic carbocycles. The van der Waals surface area contributed by atoms with E-state index in [0.717, 1.165) is 0 Å². The highest BCUT2D eigenvalue weighted by molar-refractivity contribution is 6.88. The fourth-order valence-electron chi connectivity index (χ4n) is 1.65. The third kappa shape index (κ3) is 4.27. The summed E-state index contributed by atoms with van der Waals surface area (Å²) in [7, 11) is 0.187. The van der Waals surface area contributed by atoms with Crippen LogP contribution in [0.3, 0.4) is 0 Å². The van der Waals surface area contributed by atoms with Gasteiger partial charge >= 0.3 is 5.97 Å². The first-order valence-corrected chi connectivity index (χ1v) is 9.75. The molecule has 0 fully saturated rings. The molecule has 0 radical (unpaired) electrons. The molecule has 4 heteroatoms. The quantitative estimate of drug-likeness (QED) is 0.652. The Hall–Kier alpha value is -1.13. The van der Waals surface area contributed by atoms with Crippen molar-refractivity contribution in [3.63, 3.8) is 0 Å². The van der Waals surface area contributed by atoms with Crippen molar-refractivity contribution in [2.75, 3.05) is 7.11 Å². The van der Waals surface area contributed by atoms with Crippen molar-refractivity contribution in [3.05, 3.63) is 29.8 Å². The first-order valence-electron chi connectivity index (χ1n) is 6.25. The van der Waals surface area contributed by atoms with Crippen LogP contribution >= 0.6 is 0 Å². The molecule has 0 spiro atoms. The second-order valence-electron chi connectivity index (χ2n) is 5.57. The normalized spacial score (nSPS) is 13.2. The van der Waals surface area contributed by atoms with E-state index < -0.39 is 8.07 Å². The van der Waals surface area contributed by atoms with E-state index in [1.807, 2.05) is 6.92 Å². The van der Waals surface area contributed by atoms with Gasteiger partial charge in [0.15, 0.2) is 0 Å². The van der Waals surface area contributed by atoms with Crippen LogP contribution < -0.4 is 10.5 Å². The SMILES string of the molecule is COC(=O)C(C)NCc1ccc([Si](C)(C)C)cc1. The van der Waals surface area contributed by atoms with Crippen molar-refractivity contribution in [2.24, 2.45) is 0 Å². The maximum absolute atomic E-state index is 11.2. The van der Waals surface area contributed by atoms with Crippen LogP contribution in [0.25, 0.3) is 0 Å². The van der Waals surface area contributed by atoms with Crippen molar-refractivity contribution in [2.45, 2.75) is 39.2 Å². The first-order chi connectivity index (χ1) is 8.34. The summed E-state index contributed by atoms with van der Waals surface area (Å²) in [5.41, 5.74) is 1.19. The van der Waals surface area contributed by atoms with Crippen LogP contribution in [0.5, 0.6) is 0 Å². The number of esters is 1. The van der Waals surface area contributed by atoms with Gasteiger partial charge in [-0.25, -0.2) is 0 Å². The smallest absolute Gasteiger partial charge is 0.322 e. The lowest BCUT2D eigenvalue weighted by atomic mass is 10.2. The van der Waals surface area contributed by atoms with Gasteiger partial charge in [0.2, 0.25) is 0 Å².